The predicted molar refractivity (Wildman–Crippen MR) is 73.3 cm³/mol. The van der Waals surface area contributed by atoms with E-state index in [9.17, 15) is 9.59 Å². The molecule has 0 spiro atoms. The molecule has 2 rings (SSSR count). The van der Waals surface area contributed by atoms with Crippen molar-refractivity contribution in [3.63, 3.8) is 0 Å². The summed E-state index contributed by atoms with van der Waals surface area (Å²) in [5.74, 6) is -0.995. The van der Waals surface area contributed by atoms with Gasteiger partial charge in [0, 0.05) is 31.4 Å². The number of carbonyl (C=O) groups excluding carboxylic acids is 1. The van der Waals surface area contributed by atoms with E-state index in [1.165, 1.54) is 0 Å². The zero-order valence-corrected chi connectivity index (χ0v) is 12.2. The molecule has 1 aromatic rings. The highest BCUT2D eigenvalue weighted by molar-refractivity contribution is 5.80. The number of nitrogens with zero attached hydrogens (tertiary/aromatic N) is 3. The molecule has 20 heavy (non-hydrogen) atoms. The van der Waals surface area contributed by atoms with Crippen LogP contribution in [0.25, 0.3) is 0 Å². The van der Waals surface area contributed by atoms with Crippen molar-refractivity contribution < 1.29 is 14.7 Å². The maximum Gasteiger partial charge on any atom is 0.306 e. The zero-order chi connectivity index (χ0) is 14.9. The molecule has 1 saturated heterocycles. The molecule has 1 amide bonds. The van der Waals surface area contributed by atoms with Gasteiger partial charge in [-0.3, -0.25) is 14.3 Å². The molecule has 1 fully saturated rings. The van der Waals surface area contributed by atoms with Crippen LogP contribution in [0.2, 0.25) is 0 Å². The minimum atomic E-state index is -0.754. The Labute approximate surface area is 118 Å². The van der Waals surface area contributed by atoms with Crippen molar-refractivity contribution in [2.45, 2.75) is 33.1 Å². The average molecular weight is 279 g/mol. The third-order valence-corrected chi connectivity index (χ3v) is 4.18. The van der Waals surface area contributed by atoms with Crippen LogP contribution in [0.4, 0.5) is 0 Å². The number of hydrogen-bond donors (Lipinski definition) is 1. The van der Waals surface area contributed by atoms with Gasteiger partial charge in [-0.25, -0.2) is 0 Å². The second-order valence-electron chi connectivity index (χ2n) is 5.44. The van der Waals surface area contributed by atoms with Crippen molar-refractivity contribution in [3.05, 3.63) is 17.0 Å². The maximum atomic E-state index is 12.3. The van der Waals surface area contributed by atoms with E-state index in [0.717, 1.165) is 17.0 Å². The lowest BCUT2D eigenvalue weighted by molar-refractivity contribution is -0.145. The van der Waals surface area contributed by atoms with Crippen molar-refractivity contribution in [1.82, 2.24) is 14.7 Å². The van der Waals surface area contributed by atoms with Gasteiger partial charge in [-0.1, -0.05) is 0 Å². The first kappa shape index (κ1) is 14.6. The first-order chi connectivity index (χ1) is 9.40. The second-order valence-corrected chi connectivity index (χ2v) is 5.44. The Morgan fingerprint density at radius 3 is 2.35 bits per heavy atom. The lowest BCUT2D eigenvalue weighted by Crippen LogP contribution is -2.41. The van der Waals surface area contributed by atoms with Crippen LogP contribution in [0.1, 0.15) is 29.8 Å². The quantitative estimate of drug-likeness (QED) is 0.892. The topological polar surface area (TPSA) is 75.4 Å². The number of aryl methyl sites for hydroxylation is 2. The van der Waals surface area contributed by atoms with Gasteiger partial charge in [-0.05, 0) is 26.7 Å². The number of piperidine rings is 1. The Bertz CT molecular complexity index is 528. The predicted octanol–water partition coefficient (Wildman–Crippen LogP) is 0.903. The van der Waals surface area contributed by atoms with Gasteiger partial charge in [0.15, 0.2) is 0 Å². The van der Waals surface area contributed by atoms with Gasteiger partial charge in [0.05, 0.1) is 18.0 Å². The lowest BCUT2D eigenvalue weighted by Gasteiger charge is -2.30. The average Bonchev–Trinajstić information content (AvgIpc) is 2.65. The number of aromatic nitrogens is 2. The van der Waals surface area contributed by atoms with Crippen LogP contribution < -0.4 is 0 Å². The molecule has 0 radical (unpaired) electrons. The molecular weight excluding hydrogens is 258 g/mol. The van der Waals surface area contributed by atoms with E-state index in [-0.39, 0.29) is 11.8 Å². The summed E-state index contributed by atoms with van der Waals surface area (Å²) in [5, 5.41) is 13.3. The normalized spacial score (nSPS) is 16.4. The molecule has 0 aromatic carbocycles. The molecule has 0 bridgehead atoms. The molecule has 1 N–H and O–H groups in total. The van der Waals surface area contributed by atoms with Gasteiger partial charge >= 0.3 is 5.97 Å². The Hall–Kier alpha value is -1.85. The second kappa shape index (κ2) is 5.64. The molecular formula is C14H21N3O3. The van der Waals surface area contributed by atoms with Gasteiger partial charge in [-0.2, -0.15) is 5.10 Å². The smallest absolute Gasteiger partial charge is 0.306 e. The molecule has 6 nitrogen and oxygen atoms in total. The minimum absolute atomic E-state index is 0.0630. The molecule has 1 aliphatic heterocycles. The molecule has 1 aromatic heterocycles. The summed E-state index contributed by atoms with van der Waals surface area (Å²) in [7, 11) is 1.87. The van der Waals surface area contributed by atoms with E-state index in [1.807, 2.05) is 20.9 Å². The van der Waals surface area contributed by atoms with Crippen molar-refractivity contribution in [3.8, 4) is 0 Å². The van der Waals surface area contributed by atoms with Crippen LogP contribution in [0.15, 0.2) is 0 Å². The van der Waals surface area contributed by atoms with E-state index in [0.29, 0.717) is 32.4 Å². The molecule has 1 aliphatic rings. The lowest BCUT2D eigenvalue weighted by atomic mass is 9.96. The van der Waals surface area contributed by atoms with Crippen LogP contribution in [0.3, 0.4) is 0 Å². The summed E-state index contributed by atoms with van der Waals surface area (Å²) in [6.07, 6.45) is 1.45. The van der Waals surface area contributed by atoms with Crippen molar-refractivity contribution in [2.24, 2.45) is 13.0 Å². The fourth-order valence-electron chi connectivity index (χ4n) is 2.71. The highest BCUT2D eigenvalue weighted by Crippen LogP contribution is 2.19. The highest BCUT2D eigenvalue weighted by atomic mass is 16.4. The third kappa shape index (κ3) is 2.84. The summed E-state index contributed by atoms with van der Waals surface area (Å²) >= 11 is 0. The van der Waals surface area contributed by atoms with Crippen molar-refractivity contribution in [2.75, 3.05) is 13.1 Å². The van der Waals surface area contributed by atoms with E-state index in [2.05, 4.69) is 5.10 Å². The van der Waals surface area contributed by atoms with Gasteiger partial charge < -0.3 is 10.0 Å². The Balaban J connectivity index is 1.98. The van der Waals surface area contributed by atoms with Crippen molar-refractivity contribution in [1.29, 1.82) is 0 Å². The third-order valence-electron chi connectivity index (χ3n) is 4.18. The van der Waals surface area contributed by atoms with E-state index in [1.54, 1.807) is 9.58 Å². The molecule has 0 unspecified atom stereocenters. The van der Waals surface area contributed by atoms with E-state index in [4.69, 9.17) is 5.11 Å². The van der Waals surface area contributed by atoms with Gasteiger partial charge in [0.25, 0.3) is 0 Å². The van der Waals surface area contributed by atoms with E-state index < -0.39 is 5.97 Å². The van der Waals surface area contributed by atoms with Gasteiger partial charge in [-0.15, -0.1) is 0 Å². The summed E-state index contributed by atoms with van der Waals surface area (Å²) in [6.45, 7) is 4.94. The summed E-state index contributed by atoms with van der Waals surface area (Å²) in [4.78, 5) is 25.0. The molecule has 0 aliphatic carbocycles. The number of hydrogen-bond acceptors (Lipinski definition) is 3. The summed E-state index contributed by atoms with van der Waals surface area (Å²) in [6, 6.07) is 0. The van der Waals surface area contributed by atoms with Crippen molar-refractivity contribution >= 4 is 11.9 Å². The standard InChI is InChI=1S/C14H21N3O3/c1-9-12(10(2)16(3)15-9)8-13(18)17-6-4-11(5-7-17)14(19)20/h11H,4-8H2,1-3H3,(H,19,20). The minimum Gasteiger partial charge on any atom is -0.481 e. The number of carbonyl (C=O) groups is 2. The molecule has 6 heteroatoms. The number of likely N-dealkylation sites (tertiary alicyclic amines) is 1. The number of aliphatic carboxylic acids is 1. The number of amides is 1. The monoisotopic (exact) mass is 279 g/mol. The fourth-order valence-corrected chi connectivity index (χ4v) is 2.71. The largest absolute Gasteiger partial charge is 0.481 e. The molecule has 2 heterocycles. The number of rotatable bonds is 3. The molecule has 110 valence electrons. The SMILES string of the molecule is Cc1nn(C)c(C)c1CC(=O)N1CCC(C(=O)O)CC1. The molecule has 0 atom stereocenters. The summed E-state index contributed by atoms with van der Waals surface area (Å²) < 4.78 is 1.79. The van der Waals surface area contributed by atoms with Gasteiger partial charge in [0.1, 0.15) is 0 Å². The first-order valence-electron chi connectivity index (χ1n) is 6.89. The first-order valence-corrected chi connectivity index (χ1v) is 6.89. The zero-order valence-electron chi connectivity index (χ0n) is 12.2. The Morgan fingerprint density at radius 2 is 1.90 bits per heavy atom. The Morgan fingerprint density at radius 1 is 1.30 bits per heavy atom. The fraction of sp³-hybridized carbons (Fsp3) is 0.643. The van der Waals surface area contributed by atoms with Crippen LogP contribution >= 0.6 is 0 Å². The van der Waals surface area contributed by atoms with Crippen LogP contribution in [-0.2, 0) is 23.1 Å². The Kier molecular flexibility index (Phi) is 4.11. The number of carboxylic acids is 1. The van der Waals surface area contributed by atoms with Crippen LogP contribution in [0, 0.1) is 19.8 Å². The van der Waals surface area contributed by atoms with Crippen LogP contribution in [-0.4, -0.2) is 44.8 Å². The maximum absolute atomic E-state index is 12.3. The summed E-state index contributed by atoms with van der Waals surface area (Å²) in [5.41, 5.74) is 2.88. The highest BCUT2D eigenvalue weighted by Gasteiger charge is 2.27. The van der Waals surface area contributed by atoms with Crippen LogP contribution in [0.5, 0.6) is 0 Å². The van der Waals surface area contributed by atoms with Gasteiger partial charge in [0.2, 0.25) is 5.91 Å². The number of carboxylic acid groups (broad SMARTS) is 1. The molecule has 0 saturated carbocycles. The van der Waals surface area contributed by atoms with E-state index >= 15 is 0 Å².